The maximum atomic E-state index is 12.7. The highest BCUT2D eigenvalue weighted by atomic mass is 16.2. The number of allylic oxidation sites excluding steroid dienone is 2. The number of carbonyl (C=O) groups excluding carboxylic acids is 1. The van der Waals surface area contributed by atoms with Crippen molar-refractivity contribution in [1.82, 2.24) is 20.4 Å². The Bertz CT molecular complexity index is 858. The molecule has 2 aliphatic rings. The van der Waals surface area contributed by atoms with Crippen molar-refractivity contribution in [3.8, 4) is 0 Å². The summed E-state index contributed by atoms with van der Waals surface area (Å²) >= 11 is 0. The molecule has 0 spiro atoms. The zero-order valence-electron chi connectivity index (χ0n) is 15.0. The van der Waals surface area contributed by atoms with Crippen LogP contribution in [0.15, 0.2) is 35.1 Å². The summed E-state index contributed by atoms with van der Waals surface area (Å²) in [7, 11) is 0. The molecule has 1 amide bonds. The number of nitrogens with one attached hydrogen (secondary N) is 3. The summed E-state index contributed by atoms with van der Waals surface area (Å²) in [4.78, 5) is 27.2. The van der Waals surface area contributed by atoms with Crippen LogP contribution in [0.4, 0.5) is 0 Å². The van der Waals surface area contributed by atoms with Gasteiger partial charge in [0.15, 0.2) is 0 Å². The molecular weight excluding hydrogens is 328 g/mol. The summed E-state index contributed by atoms with van der Waals surface area (Å²) in [5.41, 5.74) is 0.863. The lowest BCUT2D eigenvalue weighted by Gasteiger charge is -2.35. The van der Waals surface area contributed by atoms with Crippen molar-refractivity contribution in [2.75, 3.05) is 19.6 Å². The predicted octanol–water partition coefficient (Wildman–Crippen LogP) is 2.41. The number of nitrogens with zero attached hydrogens (tertiary/aromatic N) is 1. The Hall–Kier alpha value is -2.34. The number of benzene rings is 1. The molecule has 0 bridgehead atoms. The molecule has 4 rings (SSSR count). The SMILES string of the molecule is O=C(NC1CCN(CC2CC=CCC2)CC1)c1cccc2[nH][nH]c(=O)c12. The molecule has 0 radical (unpaired) electrons. The van der Waals surface area contributed by atoms with Gasteiger partial charge >= 0.3 is 0 Å². The summed E-state index contributed by atoms with van der Waals surface area (Å²) in [5.74, 6) is 0.626. The van der Waals surface area contributed by atoms with Crippen molar-refractivity contribution in [1.29, 1.82) is 0 Å². The summed E-state index contributed by atoms with van der Waals surface area (Å²) in [6.45, 7) is 3.23. The largest absolute Gasteiger partial charge is 0.349 e. The maximum Gasteiger partial charge on any atom is 0.272 e. The van der Waals surface area contributed by atoms with Crippen LogP contribution in [-0.4, -0.2) is 46.7 Å². The second-order valence-corrected chi connectivity index (χ2v) is 7.51. The third kappa shape index (κ3) is 3.60. The van der Waals surface area contributed by atoms with Crippen LogP contribution < -0.4 is 10.9 Å². The van der Waals surface area contributed by atoms with Crippen LogP contribution in [0.2, 0.25) is 0 Å². The first-order valence-corrected chi connectivity index (χ1v) is 9.58. The Morgan fingerprint density at radius 3 is 2.77 bits per heavy atom. The van der Waals surface area contributed by atoms with Crippen LogP contribution in [0, 0.1) is 5.92 Å². The Balaban J connectivity index is 1.34. The van der Waals surface area contributed by atoms with E-state index < -0.39 is 0 Å². The molecule has 26 heavy (non-hydrogen) atoms. The molecule has 6 heteroatoms. The highest BCUT2D eigenvalue weighted by molar-refractivity contribution is 6.06. The highest BCUT2D eigenvalue weighted by Crippen LogP contribution is 2.21. The molecule has 1 fully saturated rings. The fraction of sp³-hybridized carbons (Fsp3) is 0.500. The van der Waals surface area contributed by atoms with Crippen molar-refractivity contribution in [3.63, 3.8) is 0 Å². The minimum Gasteiger partial charge on any atom is -0.349 e. The molecule has 3 N–H and O–H groups in total. The number of aromatic amines is 2. The van der Waals surface area contributed by atoms with Crippen LogP contribution in [0.1, 0.15) is 42.5 Å². The van der Waals surface area contributed by atoms with Gasteiger partial charge in [-0.15, -0.1) is 0 Å². The van der Waals surface area contributed by atoms with E-state index >= 15 is 0 Å². The van der Waals surface area contributed by atoms with E-state index in [0.29, 0.717) is 16.5 Å². The van der Waals surface area contributed by atoms with Crippen molar-refractivity contribution >= 4 is 16.8 Å². The zero-order valence-corrected chi connectivity index (χ0v) is 15.0. The summed E-state index contributed by atoms with van der Waals surface area (Å²) < 4.78 is 0. The van der Waals surface area contributed by atoms with Crippen LogP contribution in [-0.2, 0) is 0 Å². The summed E-state index contributed by atoms with van der Waals surface area (Å²) in [5, 5.41) is 8.91. The fourth-order valence-corrected chi connectivity index (χ4v) is 4.19. The molecular formula is C20H26N4O2. The number of carbonyl (C=O) groups is 1. The minimum atomic E-state index is -0.248. The number of hydrogen-bond donors (Lipinski definition) is 3. The predicted molar refractivity (Wildman–Crippen MR) is 102 cm³/mol. The molecule has 1 aliphatic heterocycles. The van der Waals surface area contributed by atoms with Gasteiger partial charge in [0.25, 0.3) is 11.5 Å². The van der Waals surface area contributed by atoms with E-state index in [0.717, 1.165) is 31.8 Å². The minimum absolute atomic E-state index is 0.156. The normalized spacial score (nSPS) is 21.9. The molecule has 1 aromatic heterocycles. The number of likely N-dealkylation sites (tertiary alicyclic amines) is 1. The average Bonchev–Trinajstić information content (AvgIpc) is 3.05. The van der Waals surface area contributed by atoms with Gasteiger partial charge < -0.3 is 10.2 Å². The van der Waals surface area contributed by atoms with Gasteiger partial charge in [-0.1, -0.05) is 18.2 Å². The standard InChI is InChI=1S/C20H26N4O2/c25-19(16-7-4-8-17-18(16)20(26)23-22-17)21-15-9-11-24(12-10-15)13-14-5-2-1-3-6-14/h1-2,4,7-8,14-15H,3,5-6,9-13H2,(H,21,25)(H2,22,23,26). The molecule has 2 aromatic rings. The highest BCUT2D eigenvalue weighted by Gasteiger charge is 2.24. The number of aromatic nitrogens is 2. The number of rotatable bonds is 4. The van der Waals surface area contributed by atoms with E-state index in [2.05, 4.69) is 32.6 Å². The number of fused-ring (bicyclic) bond motifs is 1. The lowest BCUT2D eigenvalue weighted by molar-refractivity contribution is 0.0906. The van der Waals surface area contributed by atoms with Gasteiger partial charge in [0, 0.05) is 25.7 Å². The lowest BCUT2D eigenvalue weighted by Crippen LogP contribution is -2.46. The molecule has 1 aromatic carbocycles. The van der Waals surface area contributed by atoms with E-state index in [1.54, 1.807) is 18.2 Å². The quantitative estimate of drug-likeness (QED) is 0.738. The first kappa shape index (κ1) is 17.1. The second-order valence-electron chi connectivity index (χ2n) is 7.51. The lowest BCUT2D eigenvalue weighted by atomic mass is 9.93. The number of amides is 1. The van der Waals surface area contributed by atoms with Gasteiger partial charge in [-0.25, -0.2) is 0 Å². The summed E-state index contributed by atoms with van der Waals surface area (Å²) in [6.07, 6.45) is 10.2. The van der Waals surface area contributed by atoms with Crippen LogP contribution in [0.5, 0.6) is 0 Å². The van der Waals surface area contributed by atoms with Gasteiger partial charge in [0.1, 0.15) is 0 Å². The monoisotopic (exact) mass is 354 g/mol. The Morgan fingerprint density at radius 2 is 2.00 bits per heavy atom. The molecule has 1 atom stereocenters. The van der Waals surface area contributed by atoms with Crippen molar-refractivity contribution in [2.45, 2.75) is 38.1 Å². The van der Waals surface area contributed by atoms with Gasteiger partial charge in [-0.3, -0.25) is 19.8 Å². The van der Waals surface area contributed by atoms with Crippen molar-refractivity contribution < 1.29 is 4.79 Å². The molecule has 0 saturated carbocycles. The molecule has 138 valence electrons. The van der Waals surface area contributed by atoms with Gasteiger partial charge in [-0.05, 0) is 50.2 Å². The van der Waals surface area contributed by atoms with E-state index in [4.69, 9.17) is 0 Å². The molecule has 2 heterocycles. The molecule has 1 saturated heterocycles. The number of H-pyrrole nitrogens is 2. The average molecular weight is 354 g/mol. The van der Waals surface area contributed by atoms with E-state index in [-0.39, 0.29) is 17.5 Å². The Morgan fingerprint density at radius 1 is 1.15 bits per heavy atom. The third-order valence-electron chi connectivity index (χ3n) is 5.66. The van der Waals surface area contributed by atoms with Gasteiger partial charge in [0.05, 0.1) is 16.5 Å². The molecule has 1 unspecified atom stereocenters. The van der Waals surface area contributed by atoms with E-state index in [9.17, 15) is 9.59 Å². The smallest absolute Gasteiger partial charge is 0.272 e. The van der Waals surface area contributed by atoms with Crippen molar-refractivity contribution in [2.24, 2.45) is 5.92 Å². The van der Waals surface area contributed by atoms with E-state index in [1.807, 2.05) is 0 Å². The van der Waals surface area contributed by atoms with Crippen LogP contribution in [0.3, 0.4) is 0 Å². The first-order chi connectivity index (χ1) is 12.7. The number of piperidine rings is 1. The van der Waals surface area contributed by atoms with Gasteiger partial charge in [0.2, 0.25) is 0 Å². The zero-order chi connectivity index (χ0) is 17.9. The van der Waals surface area contributed by atoms with Crippen LogP contribution >= 0.6 is 0 Å². The Labute approximate surface area is 152 Å². The third-order valence-corrected chi connectivity index (χ3v) is 5.66. The number of hydrogen-bond acceptors (Lipinski definition) is 3. The van der Waals surface area contributed by atoms with Crippen molar-refractivity contribution in [3.05, 3.63) is 46.3 Å². The first-order valence-electron chi connectivity index (χ1n) is 9.58. The summed E-state index contributed by atoms with van der Waals surface area (Å²) in [6, 6.07) is 5.48. The van der Waals surface area contributed by atoms with E-state index in [1.165, 1.54) is 25.8 Å². The topological polar surface area (TPSA) is 81.0 Å². The van der Waals surface area contributed by atoms with Crippen LogP contribution in [0.25, 0.3) is 10.9 Å². The van der Waals surface area contributed by atoms with Gasteiger partial charge in [-0.2, -0.15) is 0 Å². The fourth-order valence-electron chi connectivity index (χ4n) is 4.19. The second kappa shape index (κ2) is 7.50. The Kier molecular flexibility index (Phi) is 4.93. The molecule has 1 aliphatic carbocycles. The maximum absolute atomic E-state index is 12.7. The molecule has 6 nitrogen and oxygen atoms in total.